The molecule has 0 amide bonds. The van der Waals surface area contributed by atoms with Crippen LogP contribution in [0.15, 0.2) is 18.2 Å². The van der Waals surface area contributed by atoms with Crippen LogP contribution in [0.2, 0.25) is 10.0 Å². The molecule has 0 spiro atoms. The van der Waals surface area contributed by atoms with Crippen LogP contribution < -0.4 is 0 Å². The molecule has 0 saturated carbocycles. The molecule has 94 valence electrons. The summed E-state index contributed by atoms with van der Waals surface area (Å²) in [4.78, 5) is 22.1. The van der Waals surface area contributed by atoms with Crippen molar-refractivity contribution in [1.29, 1.82) is 0 Å². The summed E-state index contributed by atoms with van der Waals surface area (Å²) in [6.45, 7) is 5.70. The van der Waals surface area contributed by atoms with E-state index in [1.54, 1.807) is 19.1 Å². The highest BCUT2D eigenvalue weighted by Gasteiger charge is 2.17. The Hall–Kier alpha value is -0.860. The third kappa shape index (κ3) is 4.88. The van der Waals surface area contributed by atoms with E-state index in [1.165, 1.54) is 6.07 Å². The van der Waals surface area contributed by atoms with Crippen molar-refractivity contribution in [2.75, 3.05) is 0 Å². The van der Waals surface area contributed by atoms with Gasteiger partial charge in [0.2, 0.25) is 0 Å². The van der Waals surface area contributed by atoms with Gasteiger partial charge in [0.15, 0.2) is 5.78 Å². The number of ketones is 1. The van der Waals surface area contributed by atoms with Crippen molar-refractivity contribution in [1.82, 2.24) is 0 Å². The summed E-state index contributed by atoms with van der Waals surface area (Å²) in [5.41, 5.74) is 0.412. The van der Waals surface area contributed by atoms with Gasteiger partial charge in [-0.1, -0.05) is 44.0 Å². The first-order chi connectivity index (χ1) is 8.06. The minimum absolute atomic E-state index is 0.135. The standard InChI is InChI=1S/C11H10Cl2O2.C2H6/c1-7(4-5-14)11(15)9-3-2-8(12)6-10(9)13;1-2/h2-3,5-7H,4H2,1H3;1-2H3. The average molecular weight is 275 g/mol. The summed E-state index contributed by atoms with van der Waals surface area (Å²) in [6.07, 6.45) is 0.935. The van der Waals surface area contributed by atoms with E-state index in [9.17, 15) is 9.59 Å². The Morgan fingerprint density at radius 3 is 2.41 bits per heavy atom. The Balaban J connectivity index is 0.00000121. The van der Waals surface area contributed by atoms with Crippen molar-refractivity contribution < 1.29 is 9.59 Å². The SMILES string of the molecule is CC.CC(CC=O)C(=O)c1ccc(Cl)cc1Cl. The molecular weight excluding hydrogens is 259 g/mol. The molecule has 2 nitrogen and oxygen atoms in total. The molecule has 1 aromatic carbocycles. The Kier molecular flexibility index (Phi) is 7.85. The summed E-state index contributed by atoms with van der Waals surface area (Å²) in [7, 11) is 0. The second kappa shape index (κ2) is 8.26. The van der Waals surface area contributed by atoms with Crippen LogP contribution >= 0.6 is 23.2 Å². The smallest absolute Gasteiger partial charge is 0.167 e. The molecule has 1 atom stereocenters. The maximum absolute atomic E-state index is 11.8. The minimum atomic E-state index is -0.346. The molecule has 0 saturated heterocycles. The summed E-state index contributed by atoms with van der Waals surface area (Å²) in [5.74, 6) is -0.482. The van der Waals surface area contributed by atoms with E-state index in [-0.39, 0.29) is 18.1 Å². The Morgan fingerprint density at radius 1 is 1.35 bits per heavy atom. The van der Waals surface area contributed by atoms with Gasteiger partial charge in [0.25, 0.3) is 0 Å². The lowest BCUT2D eigenvalue weighted by molar-refractivity contribution is -0.108. The predicted octanol–water partition coefficient (Wildman–Crippen LogP) is 4.43. The van der Waals surface area contributed by atoms with Crippen LogP contribution in [0.1, 0.15) is 37.6 Å². The molecule has 1 unspecified atom stereocenters. The van der Waals surface area contributed by atoms with Crippen molar-refractivity contribution >= 4 is 35.3 Å². The highest BCUT2D eigenvalue weighted by atomic mass is 35.5. The van der Waals surface area contributed by atoms with Crippen LogP contribution in [0.5, 0.6) is 0 Å². The van der Waals surface area contributed by atoms with Gasteiger partial charge in [-0.3, -0.25) is 4.79 Å². The van der Waals surface area contributed by atoms with Crippen molar-refractivity contribution in [3.63, 3.8) is 0 Å². The van der Waals surface area contributed by atoms with Gasteiger partial charge in [-0.15, -0.1) is 0 Å². The van der Waals surface area contributed by atoms with Crippen LogP contribution in [0, 0.1) is 5.92 Å². The quantitative estimate of drug-likeness (QED) is 0.601. The topological polar surface area (TPSA) is 34.1 Å². The van der Waals surface area contributed by atoms with Crippen LogP contribution in [0.4, 0.5) is 0 Å². The maximum atomic E-state index is 11.8. The summed E-state index contributed by atoms with van der Waals surface area (Å²) in [6, 6.07) is 4.70. The lowest BCUT2D eigenvalue weighted by Crippen LogP contribution is -2.12. The number of benzene rings is 1. The van der Waals surface area contributed by atoms with Crippen molar-refractivity contribution in [2.24, 2.45) is 5.92 Å². The number of hydrogen-bond acceptors (Lipinski definition) is 2. The zero-order valence-corrected chi connectivity index (χ0v) is 11.7. The van der Waals surface area contributed by atoms with Gasteiger partial charge < -0.3 is 4.79 Å². The molecule has 0 heterocycles. The molecular formula is C13H16Cl2O2. The summed E-state index contributed by atoms with van der Waals surface area (Å²) >= 11 is 11.6. The second-order valence-electron chi connectivity index (χ2n) is 3.29. The fraction of sp³-hybridized carbons (Fsp3) is 0.385. The van der Waals surface area contributed by atoms with Gasteiger partial charge in [-0.25, -0.2) is 0 Å². The lowest BCUT2D eigenvalue weighted by Gasteiger charge is -2.08. The highest BCUT2D eigenvalue weighted by molar-refractivity contribution is 6.36. The van der Waals surface area contributed by atoms with Gasteiger partial charge in [-0.2, -0.15) is 0 Å². The van der Waals surface area contributed by atoms with Crippen molar-refractivity contribution in [2.45, 2.75) is 27.2 Å². The number of aldehydes is 1. The van der Waals surface area contributed by atoms with E-state index < -0.39 is 0 Å². The molecule has 1 rings (SSSR count). The van der Waals surface area contributed by atoms with Gasteiger partial charge in [0, 0.05) is 22.9 Å². The first-order valence-corrected chi connectivity index (χ1v) is 6.24. The van der Waals surface area contributed by atoms with Crippen LogP contribution in [0.25, 0.3) is 0 Å². The number of rotatable bonds is 4. The number of carbonyl (C=O) groups is 2. The van der Waals surface area contributed by atoms with E-state index in [0.29, 0.717) is 15.6 Å². The number of hydrogen-bond donors (Lipinski definition) is 0. The highest BCUT2D eigenvalue weighted by Crippen LogP contribution is 2.23. The van der Waals surface area contributed by atoms with Gasteiger partial charge >= 0.3 is 0 Å². The van der Waals surface area contributed by atoms with E-state index >= 15 is 0 Å². The number of halogens is 2. The minimum Gasteiger partial charge on any atom is -0.303 e. The number of Topliss-reactive ketones (excluding diaryl/α,β-unsaturated/α-hetero) is 1. The largest absolute Gasteiger partial charge is 0.303 e. The fourth-order valence-electron chi connectivity index (χ4n) is 1.21. The Labute approximate surface area is 112 Å². The molecule has 4 heteroatoms. The molecule has 0 aliphatic carbocycles. The van der Waals surface area contributed by atoms with Crippen molar-refractivity contribution in [3.8, 4) is 0 Å². The Bertz CT molecular complexity index is 389. The van der Waals surface area contributed by atoms with E-state index in [0.717, 1.165) is 6.29 Å². The fourth-order valence-corrected chi connectivity index (χ4v) is 1.71. The Morgan fingerprint density at radius 2 is 1.94 bits per heavy atom. The second-order valence-corrected chi connectivity index (χ2v) is 4.14. The third-order valence-electron chi connectivity index (χ3n) is 2.09. The molecule has 17 heavy (non-hydrogen) atoms. The monoisotopic (exact) mass is 274 g/mol. The van der Waals surface area contributed by atoms with Gasteiger partial charge in [0.1, 0.15) is 6.29 Å². The normalized spacial score (nSPS) is 11.1. The average Bonchev–Trinajstić information content (AvgIpc) is 2.31. The zero-order valence-electron chi connectivity index (χ0n) is 10.2. The van der Waals surface area contributed by atoms with Crippen molar-refractivity contribution in [3.05, 3.63) is 33.8 Å². The molecule has 0 bridgehead atoms. The molecule has 0 aromatic heterocycles. The summed E-state index contributed by atoms with van der Waals surface area (Å²) < 4.78 is 0. The van der Waals surface area contributed by atoms with Gasteiger partial charge in [-0.05, 0) is 18.2 Å². The molecule has 0 fully saturated rings. The van der Waals surface area contributed by atoms with E-state index in [4.69, 9.17) is 23.2 Å². The van der Waals surface area contributed by atoms with Gasteiger partial charge in [0.05, 0.1) is 5.02 Å². The first kappa shape index (κ1) is 16.1. The van der Waals surface area contributed by atoms with E-state index in [2.05, 4.69) is 0 Å². The van der Waals surface area contributed by atoms with E-state index in [1.807, 2.05) is 13.8 Å². The summed E-state index contributed by atoms with van der Waals surface area (Å²) in [5, 5.41) is 0.810. The predicted molar refractivity (Wildman–Crippen MR) is 72.0 cm³/mol. The third-order valence-corrected chi connectivity index (χ3v) is 2.64. The number of carbonyl (C=O) groups excluding carboxylic acids is 2. The lowest BCUT2D eigenvalue weighted by atomic mass is 9.97. The van der Waals surface area contributed by atoms with Crippen LogP contribution in [-0.2, 0) is 4.79 Å². The molecule has 0 radical (unpaired) electrons. The zero-order chi connectivity index (χ0) is 13.4. The molecule has 0 aliphatic rings. The molecule has 1 aromatic rings. The molecule has 0 N–H and O–H groups in total. The first-order valence-electron chi connectivity index (χ1n) is 5.49. The van der Waals surface area contributed by atoms with Crippen LogP contribution in [0.3, 0.4) is 0 Å². The van der Waals surface area contributed by atoms with Crippen LogP contribution in [-0.4, -0.2) is 12.1 Å². The maximum Gasteiger partial charge on any atom is 0.167 e. The molecule has 0 aliphatic heterocycles.